The lowest BCUT2D eigenvalue weighted by Gasteiger charge is -2.25. The largest absolute Gasteiger partial charge is 0.508 e. The maximum Gasteiger partial charge on any atom is 0.291 e. The Balaban J connectivity index is 1.74. The summed E-state index contributed by atoms with van der Waals surface area (Å²) in [5.74, 6) is -0.873. The third-order valence-corrected chi connectivity index (χ3v) is 6.11. The molecule has 5 nitrogen and oxygen atoms in total. The molecule has 1 amide bonds. The maximum absolute atomic E-state index is 13.5. The predicted octanol–water partition coefficient (Wildman–Crippen LogP) is 5.34. The number of rotatable bonds is 3. The molecule has 32 heavy (non-hydrogen) atoms. The molecule has 0 bridgehead atoms. The van der Waals surface area contributed by atoms with Crippen molar-refractivity contribution in [1.29, 1.82) is 0 Å². The highest BCUT2D eigenvalue weighted by Crippen LogP contribution is 2.40. The van der Waals surface area contributed by atoms with Crippen LogP contribution in [0.5, 0.6) is 5.75 Å². The van der Waals surface area contributed by atoms with Crippen molar-refractivity contribution in [1.82, 2.24) is 4.90 Å². The van der Waals surface area contributed by atoms with E-state index in [0.717, 1.165) is 5.56 Å². The van der Waals surface area contributed by atoms with Gasteiger partial charge in [-0.05, 0) is 60.0 Å². The summed E-state index contributed by atoms with van der Waals surface area (Å²) in [5.41, 5.74) is 2.09. The van der Waals surface area contributed by atoms with Gasteiger partial charge in [-0.25, -0.2) is 4.39 Å². The number of hydrogen-bond donors (Lipinski definition) is 1. The number of phenolic OH excluding ortho intramolecular Hbond substituents is 1. The van der Waals surface area contributed by atoms with Crippen LogP contribution in [0, 0.1) is 12.7 Å². The number of aryl methyl sites for hydroxylation is 1. The lowest BCUT2D eigenvalue weighted by molar-refractivity contribution is 0.0714. The number of carbonyl (C=O) groups excluding carboxylic acids is 1. The Labute approximate surface area is 187 Å². The van der Waals surface area contributed by atoms with Crippen LogP contribution in [-0.4, -0.2) is 15.9 Å². The Morgan fingerprint density at radius 1 is 1.09 bits per heavy atom. The van der Waals surface area contributed by atoms with Crippen molar-refractivity contribution in [3.8, 4) is 5.75 Å². The van der Waals surface area contributed by atoms with Crippen LogP contribution in [0.1, 0.15) is 38.9 Å². The summed E-state index contributed by atoms with van der Waals surface area (Å²) in [7, 11) is 0. The molecule has 1 aliphatic rings. The van der Waals surface area contributed by atoms with E-state index in [4.69, 9.17) is 16.0 Å². The molecule has 0 fully saturated rings. The first-order valence-electron chi connectivity index (χ1n) is 9.94. The number of benzene rings is 3. The van der Waals surface area contributed by atoms with Crippen LogP contribution < -0.4 is 5.43 Å². The fraction of sp³-hybridized carbons (Fsp3) is 0.120. The number of halogens is 2. The number of aromatic hydroxyl groups is 1. The van der Waals surface area contributed by atoms with E-state index >= 15 is 0 Å². The van der Waals surface area contributed by atoms with Crippen molar-refractivity contribution in [2.24, 2.45) is 0 Å². The Kier molecular flexibility index (Phi) is 4.75. The maximum atomic E-state index is 13.5. The van der Waals surface area contributed by atoms with Gasteiger partial charge < -0.3 is 14.4 Å². The van der Waals surface area contributed by atoms with Crippen LogP contribution >= 0.6 is 11.6 Å². The molecule has 0 saturated heterocycles. The highest BCUT2D eigenvalue weighted by Gasteiger charge is 2.42. The summed E-state index contributed by atoms with van der Waals surface area (Å²) in [6.07, 6.45) is 0. The van der Waals surface area contributed by atoms with E-state index in [1.54, 1.807) is 43.3 Å². The normalized spacial score (nSPS) is 15.4. The quantitative estimate of drug-likeness (QED) is 0.458. The molecule has 1 atom stereocenters. The van der Waals surface area contributed by atoms with Gasteiger partial charge in [-0.1, -0.05) is 35.9 Å². The van der Waals surface area contributed by atoms with Crippen molar-refractivity contribution in [3.63, 3.8) is 0 Å². The van der Waals surface area contributed by atoms with Gasteiger partial charge in [0, 0.05) is 11.6 Å². The van der Waals surface area contributed by atoms with Gasteiger partial charge in [0.15, 0.2) is 5.43 Å². The molecule has 1 N–H and O–H groups in total. The molecule has 0 aliphatic carbocycles. The summed E-state index contributed by atoms with van der Waals surface area (Å²) < 4.78 is 19.3. The third kappa shape index (κ3) is 3.24. The second-order valence-corrected chi connectivity index (χ2v) is 8.24. The highest BCUT2D eigenvalue weighted by atomic mass is 35.5. The number of nitrogens with zero attached hydrogens (tertiary/aromatic N) is 1. The second kappa shape index (κ2) is 7.50. The Morgan fingerprint density at radius 2 is 1.84 bits per heavy atom. The van der Waals surface area contributed by atoms with Crippen molar-refractivity contribution in [2.75, 3.05) is 0 Å². The van der Waals surface area contributed by atoms with Crippen LogP contribution in [0.25, 0.3) is 11.0 Å². The van der Waals surface area contributed by atoms with Crippen molar-refractivity contribution >= 4 is 28.5 Å². The van der Waals surface area contributed by atoms with E-state index in [1.165, 1.54) is 29.2 Å². The molecule has 1 aliphatic heterocycles. The van der Waals surface area contributed by atoms with Crippen LogP contribution in [0.4, 0.5) is 4.39 Å². The van der Waals surface area contributed by atoms with Crippen LogP contribution in [-0.2, 0) is 6.54 Å². The van der Waals surface area contributed by atoms with Gasteiger partial charge >= 0.3 is 0 Å². The van der Waals surface area contributed by atoms with Gasteiger partial charge in [0.2, 0.25) is 5.76 Å². The average Bonchev–Trinajstić information content (AvgIpc) is 3.03. The third-order valence-electron chi connectivity index (χ3n) is 5.70. The fourth-order valence-corrected chi connectivity index (χ4v) is 4.30. The Hall–Kier alpha value is -3.64. The van der Waals surface area contributed by atoms with E-state index in [2.05, 4.69) is 0 Å². The van der Waals surface area contributed by atoms with Gasteiger partial charge in [0.05, 0.1) is 17.0 Å². The van der Waals surface area contributed by atoms with Gasteiger partial charge in [0.1, 0.15) is 17.1 Å². The molecule has 5 rings (SSSR count). The first kappa shape index (κ1) is 20.3. The minimum Gasteiger partial charge on any atom is -0.508 e. The van der Waals surface area contributed by atoms with Crippen LogP contribution in [0.15, 0.2) is 69.9 Å². The summed E-state index contributed by atoms with van der Waals surface area (Å²) in [4.78, 5) is 28.4. The summed E-state index contributed by atoms with van der Waals surface area (Å²) in [6, 6.07) is 14.6. The minimum absolute atomic E-state index is 0.00831. The first-order chi connectivity index (χ1) is 15.3. The zero-order valence-electron chi connectivity index (χ0n) is 16.9. The minimum atomic E-state index is -0.782. The number of phenols is 1. The molecule has 160 valence electrons. The molecular formula is C25H17ClFNO4. The van der Waals surface area contributed by atoms with E-state index in [9.17, 15) is 19.1 Å². The number of carbonyl (C=O) groups is 1. The highest BCUT2D eigenvalue weighted by molar-refractivity contribution is 6.32. The van der Waals surface area contributed by atoms with Crippen LogP contribution in [0.2, 0.25) is 5.02 Å². The smallest absolute Gasteiger partial charge is 0.291 e. The van der Waals surface area contributed by atoms with Gasteiger partial charge in [-0.15, -0.1) is 0 Å². The van der Waals surface area contributed by atoms with Gasteiger partial charge in [-0.3, -0.25) is 9.59 Å². The van der Waals surface area contributed by atoms with Crippen molar-refractivity contribution < 1.29 is 18.7 Å². The summed E-state index contributed by atoms with van der Waals surface area (Å²) in [6.45, 7) is 1.91. The monoisotopic (exact) mass is 449 g/mol. The molecule has 2 heterocycles. The summed E-state index contributed by atoms with van der Waals surface area (Å²) >= 11 is 6.24. The summed E-state index contributed by atoms with van der Waals surface area (Å²) in [5, 5.41) is 10.7. The molecular weight excluding hydrogens is 433 g/mol. The molecule has 7 heteroatoms. The molecule has 0 saturated carbocycles. The molecule has 1 aromatic heterocycles. The lowest BCUT2D eigenvalue weighted by Crippen LogP contribution is -2.29. The molecule has 0 spiro atoms. The molecule has 0 radical (unpaired) electrons. The average molecular weight is 450 g/mol. The van der Waals surface area contributed by atoms with E-state index in [0.29, 0.717) is 16.1 Å². The van der Waals surface area contributed by atoms with E-state index in [1.807, 2.05) is 0 Å². The van der Waals surface area contributed by atoms with Gasteiger partial charge in [0.25, 0.3) is 5.91 Å². The molecule has 4 aromatic rings. The lowest BCUT2D eigenvalue weighted by atomic mass is 9.98. The SMILES string of the molecule is Cc1cc2oc3c(c(=O)c2cc1Cl)C(c1cccc(O)c1)N(Cc1ccc(F)cc1)C3=O. The standard InChI is InChI=1S/C25H17ClFNO4/c1-13-9-20-18(11-19(13)26)23(30)21-22(15-3-2-4-17(29)10-15)28(25(31)24(21)32-20)12-14-5-7-16(27)8-6-14/h2-11,22,29H,12H2,1H3. The predicted molar refractivity (Wildman–Crippen MR) is 118 cm³/mol. The second-order valence-electron chi connectivity index (χ2n) is 7.83. The first-order valence-corrected chi connectivity index (χ1v) is 10.3. The topological polar surface area (TPSA) is 70.8 Å². The zero-order chi connectivity index (χ0) is 22.6. The number of hydrogen-bond acceptors (Lipinski definition) is 4. The van der Waals surface area contributed by atoms with Crippen molar-refractivity contribution in [3.05, 3.63) is 110 Å². The van der Waals surface area contributed by atoms with Crippen LogP contribution in [0.3, 0.4) is 0 Å². The molecule has 1 unspecified atom stereocenters. The van der Waals surface area contributed by atoms with E-state index in [-0.39, 0.29) is 45.8 Å². The molecule has 3 aromatic carbocycles. The zero-order valence-corrected chi connectivity index (χ0v) is 17.7. The van der Waals surface area contributed by atoms with Gasteiger partial charge in [-0.2, -0.15) is 0 Å². The van der Waals surface area contributed by atoms with Crippen molar-refractivity contribution in [2.45, 2.75) is 19.5 Å². The Morgan fingerprint density at radius 3 is 2.56 bits per heavy atom. The number of fused-ring (bicyclic) bond motifs is 2. The Bertz CT molecular complexity index is 1450. The van der Waals surface area contributed by atoms with E-state index < -0.39 is 11.9 Å². The fourth-order valence-electron chi connectivity index (χ4n) is 4.13. The number of amides is 1.